The van der Waals surface area contributed by atoms with Gasteiger partial charge in [-0.05, 0) is 31.2 Å². The van der Waals surface area contributed by atoms with E-state index in [0.717, 1.165) is 27.8 Å². The standard InChI is InChI=1S/C22H19N9/c1-14(20-26-21(23)28-22(27-20)25-17-8-3-2-4-9-17)31-13-19(29-30-31)16-11-15-7-5-6-10-18(15)24-12-16/h2-14H,1H3,(H3,23,25,26,27,28). The van der Waals surface area contributed by atoms with Crippen molar-refractivity contribution >= 4 is 28.5 Å². The number of rotatable bonds is 5. The van der Waals surface area contributed by atoms with Crippen LogP contribution in [0, 0.1) is 0 Å². The maximum absolute atomic E-state index is 5.92. The van der Waals surface area contributed by atoms with Crippen LogP contribution in [0.4, 0.5) is 17.6 Å². The molecule has 0 fully saturated rings. The minimum atomic E-state index is -0.295. The van der Waals surface area contributed by atoms with E-state index < -0.39 is 0 Å². The first-order valence-electron chi connectivity index (χ1n) is 9.76. The molecular formula is C22H19N9. The van der Waals surface area contributed by atoms with Gasteiger partial charge >= 0.3 is 0 Å². The molecule has 31 heavy (non-hydrogen) atoms. The summed E-state index contributed by atoms with van der Waals surface area (Å²) in [5, 5.41) is 12.8. The molecule has 3 heterocycles. The van der Waals surface area contributed by atoms with Crippen LogP contribution < -0.4 is 11.1 Å². The summed E-state index contributed by atoms with van der Waals surface area (Å²) in [5.74, 6) is 0.994. The van der Waals surface area contributed by atoms with E-state index in [1.54, 1.807) is 10.9 Å². The van der Waals surface area contributed by atoms with Crippen LogP contribution in [0.15, 0.2) is 73.1 Å². The summed E-state index contributed by atoms with van der Waals surface area (Å²) in [6.45, 7) is 1.93. The van der Waals surface area contributed by atoms with E-state index in [-0.39, 0.29) is 12.0 Å². The molecule has 0 aliphatic heterocycles. The summed E-state index contributed by atoms with van der Waals surface area (Å²) < 4.78 is 1.70. The predicted molar refractivity (Wildman–Crippen MR) is 119 cm³/mol. The monoisotopic (exact) mass is 409 g/mol. The lowest BCUT2D eigenvalue weighted by molar-refractivity contribution is 0.518. The summed E-state index contributed by atoms with van der Waals surface area (Å²) in [4.78, 5) is 17.5. The Morgan fingerprint density at radius 3 is 2.65 bits per heavy atom. The van der Waals surface area contributed by atoms with Crippen molar-refractivity contribution in [2.75, 3.05) is 11.1 Å². The van der Waals surface area contributed by atoms with Gasteiger partial charge in [-0.1, -0.05) is 41.6 Å². The smallest absolute Gasteiger partial charge is 0.232 e. The van der Waals surface area contributed by atoms with Gasteiger partial charge in [-0.2, -0.15) is 15.0 Å². The number of hydrogen-bond acceptors (Lipinski definition) is 8. The molecular weight excluding hydrogens is 390 g/mol. The first-order chi connectivity index (χ1) is 15.2. The van der Waals surface area contributed by atoms with Crippen LogP contribution in [-0.4, -0.2) is 34.9 Å². The number of fused-ring (bicyclic) bond motifs is 1. The third kappa shape index (κ3) is 3.88. The van der Waals surface area contributed by atoms with Crippen molar-refractivity contribution in [3.8, 4) is 11.3 Å². The summed E-state index contributed by atoms with van der Waals surface area (Å²) in [6, 6.07) is 19.3. The second-order valence-electron chi connectivity index (χ2n) is 7.04. The quantitative estimate of drug-likeness (QED) is 0.452. The number of nitrogen functional groups attached to an aromatic ring is 1. The number of benzene rings is 2. The van der Waals surface area contributed by atoms with Crippen LogP contribution >= 0.6 is 0 Å². The van der Waals surface area contributed by atoms with E-state index in [1.807, 2.05) is 73.8 Å². The molecule has 0 radical (unpaired) electrons. The number of nitrogens with zero attached hydrogens (tertiary/aromatic N) is 7. The van der Waals surface area contributed by atoms with Gasteiger partial charge in [0.05, 0.1) is 11.7 Å². The minimum absolute atomic E-state index is 0.134. The Kier molecular flexibility index (Phi) is 4.68. The van der Waals surface area contributed by atoms with Crippen molar-refractivity contribution in [3.05, 3.63) is 78.9 Å². The van der Waals surface area contributed by atoms with E-state index in [0.29, 0.717) is 11.8 Å². The van der Waals surface area contributed by atoms with Crippen LogP contribution in [0.1, 0.15) is 18.8 Å². The van der Waals surface area contributed by atoms with E-state index in [1.165, 1.54) is 0 Å². The van der Waals surface area contributed by atoms with E-state index in [2.05, 4.69) is 35.6 Å². The van der Waals surface area contributed by atoms with Crippen LogP contribution in [0.2, 0.25) is 0 Å². The van der Waals surface area contributed by atoms with E-state index in [9.17, 15) is 0 Å². The van der Waals surface area contributed by atoms with Crippen molar-refractivity contribution in [1.29, 1.82) is 0 Å². The lowest BCUT2D eigenvalue weighted by Gasteiger charge is -2.12. The van der Waals surface area contributed by atoms with Crippen molar-refractivity contribution in [1.82, 2.24) is 34.9 Å². The van der Waals surface area contributed by atoms with E-state index >= 15 is 0 Å². The Morgan fingerprint density at radius 1 is 0.968 bits per heavy atom. The lowest BCUT2D eigenvalue weighted by atomic mass is 10.1. The maximum atomic E-state index is 5.92. The fraction of sp³-hybridized carbons (Fsp3) is 0.0909. The molecule has 9 nitrogen and oxygen atoms in total. The molecule has 0 saturated heterocycles. The van der Waals surface area contributed by atoms with Crippen LogP contribution in [0.25, 0.3) is 22.2 Å². The first kappa shape index (κ1) is 18.6. The highest BCUT2D eigenvalue weighted by Crippen LogP contribution is 2.23. The summed E-state index contributed by atoms with van der Waals surface area (Å²) in [5.41, 5.74) is 9.32. The molecule has 152 valence electrons. The van der Waals surface area contributed by atoms with Gasteiger partial charge in [-0.3, -0.25) is 4.98 Å². The summed E-state index contributed by atoms with van der Waals surface area (Å²) >= 11 is 0. The zero-order chi connectivity index (χ0) is 21.2. The van der Waals surface area contributed by atoms with Gasteiger partial charge in [0.15, 0.2) is 5.82 Å². The average Bonchev–Trinajstić information content (AvgIpc) is 3.29. The van der Waals surface area contributed by atoms with Crippen LogP contribution in [-0.2, 0) is 0 Å². The number of anilines is 3. The largest absolute Gasteiger partial charge is 0.368 e. The predicted octanol–water partition coefficient (Wildman–Crippen LogP) is 3.61. The molecule has 1 atom stereocenters. The zero-order valence-corrected chi connectivity index (χ0v) is 16.7. The minimum Gasteiger partial charge on any atom is -0.368 e. The Bertz CT molecular complexity index is 1350. The Morgan fingerprint density at radius 2 is 1.77 bits per heavy atom. The van der Waals surface area contributed by atoms with Gasteiger partial charge < -0.3 is 11.1 Å². The molecule has 0 saturated carbocycles. The van der Waals surface area contributed by atoms with Crippen molar-refractivity contribution in [3.63, 3.8) is 0 Å². The van der Waals surface area contributed by atoms with Gasteiger partial charge in [-0.15, -0.1) is 5.10 Å². The second-order valence-corrected chi connectivity index (χ2v) is 7.04. The highest BCUT2D eigenvalue weighted by molar-refractivity contribution is 5.82. The molecule has 0 aliphatic carbocycles. The summed E-state index contributed by atoms with van der Waals surface area (Å²) in [7, 11) is 0. The van der Waals surface area contributed by atoms with Gasteiger partial charge in [0, 0.05) is 22.8 Å². The zero-order valence-electron chi connectivity index (χ0n) is 16.7. The van der Waals surface area contributed by atoms with Crippen molar-refractivity contribution < 1.29 is 0 Å². The number of nitrogens with two attached hydrogens (primary N) is 1. The van der Waals surface area contributed by atoms with Crippen molar-refractivity contribution in [2.24, 2.45) is 0 Å². The highest BCUT2D eigenvalue weighted by Gasteiger charge is 2.17. The average molecular weight is 409 g/mol. The molecule has 0 aliphatic rings. The topological polar surface area (TPSA) is 120 Å². The SMILES string of the molecule is CC(c1nc(N)nc(Nc2ccccc2)n1)n1cc(-c2cnc3ccccc3c2)nn1. The van der Waals surface area contributed by atoms with E-state index in [4.69, 9.17) is 5.73 Å². The maximum Gasteiger partial charge on any atom is 0.232 e. The van der Waals surface area contributed by atoms with Crippen molar-refractivity contribution in [2.45, 2.75) is 13.0 Å². The lowest BCUT2D eigenvalue weighted by Crippen LogP contribution is -2.15. The Balaban J connectivity index is 1.42. The Hall–Kier alpha value is -4.40. The number of aromatic nitrogens is 7. The molecule has 0 spiro atoms. The fourth-order valence-corrected chi connectivity index (χ4v) is 3.23. The van der Waals surface area contributed by atoms with Crippen LogP contribution in [0.3, 0.4) is 0 Å². The molecule has 1 unspecified atom stereocenters. The number of para-hydroxylation sites is 2. The fourth-order valence-electron chi connectivity index (χ4n) is 3.23. The molecule has 9 heteroatoms. The van der Waals surface area contributed by atoms with Gasteiger partial charge in [-0.25, -0.2) is 4.68 Å². The molecule has 2 aromatic carbocycles. The number of nitrogens with one attached hydrogen (secondary N) is 1. The molecule has 0 amide bonds. The normalized spacial score (nSPS) is 12.0. The molecule has 0 bridgehead atoms. The third-order valence-electron chi connectivity index (χ3n) is 4.87. The van der Waals surface area contributed by atoms with Gasteiger partial charge in [0.2, 0.25) is 11.9 Å². The van der Waals surface area contributed by atoms with Crippen LogP contribution in [0.5, 0.6) is 0 Å². The molecule has 5 aromatic rings. The third-order valence-corrected chi connectivity index (χ3v) is 4.87. The first-order valence-corrected chi connectivity index (χ1v) is 9.76. The Labute approximate surface area is 178 Å². The van der Waals surface area contributed by atoms with Gasteiger partial charge in [0.25, 0.3) is 0 Å². The number of pyridine rings is 1. The highest BCUT2D eigenvalue weighted by atomic mass is 15.4. The second kappa shape index (κ2) is 7.79. The number of hydrogen-bond donors (Lipinski definition) is 2. The molecule has 3 N–H and O–H groups in total. The molecule has 3 aromatic heterocycles. The van der Waals surface area contributed by atoms with Gasteiger partial charge in [0.1, 0.15) is 11.7 Å². The molecule has 5 rings (SSSR count). The summed E-state index contributed by atoms with van der Waals surface area (Å²) in [6.07, 6.45) is 3.64.